The molecule has 2 heteroatoms. The second-order valence-corrected chi connectivity index (χ2v) is 7.56. The highest BCUT2D eigenvalue weighted by atomic mass is 16.5. The highest BCUT2D eigenvalue weighted by molar-refractivity contribution is 5.76. The molecule has 134 valence electrons. The summed E-state index contributed by atoms with van der Waals surface area (Å²) in [6.45, 7) is 10.2. The number of benzene rings is 2. The number of aryl methyl sites for hydroxylation is 1. The molecule has 2 rings (SSSR count). The lowest BCUT2D eigenvalue weighted by Crippen LogP contribution is -2.29. The van der Waals surface area contributed by atoms with Gasteiger partial charge in [0.25, 0.3) is 0 Å². The van der Waals surface area contributed by atoms with E-state index < -0.39 is 5.41 Å². The number of rotatable bonds is 7. The van der Waals surface area contributed by atoms with E-state index in [0.29, 0.717) is 5.92 Å². The largest absolute Gasteiger partial charge is 0.457 e. The Morgan fingerprint density at radius 2 is 1.60 bits per heavy atom. The van der Waals surface area contributed by atoms with E-state index in [-0.39, 0.29) is 12.1 Å². The molecule has 0 fully saturated rings. The lowest BCUT2D eigenvalue weighted by molar-refractivity contribution is -0.159. The van der Waals surface area contributed by atoms with E-state index in [1.807, 2.05) is 51.1 Å². The summed E-state index contributed by atoms with van der Waals surface area (Å²) < 4.78 is 5.76. The maximum atomic E-state index is 12.8. The van der Waals surface area contributed by atoms with Crippen molar-refractivity contribution in [1.29, 1.82) is 0 Å². The Morgan fingerprint density at radius 1 is 1.00 bits per heavy atom. The molecule has 0 radical (unpaired) electrons. The van der Waals surface area contributed by atoms with Crippen molar-refractivity contribution in [3.8, 4) is 0 Å². The standard InChI is InChI=1S/C23H30O2/c1-6-19(21-14-12-17(2)13-15-21)16-23(4,5)22(24)25-18(3)20-10-8-7-9-11-20/h7-15,18-19H,6,16H2,1-5H3. The summed E-state index contributed by atoms with van der Waals surface area (Å²) in [5, 5.41) is 0. The van der Waals surface area contributed by atoms with E-state index in [4.69, 9.17) is 4.74 Å². The summed E-state index contributed by atoms with van der Waals surface area (Å²) in [6.07, 6.45) is 1.56. The lowest BCUT2D eigenvalue weighted by Gasteiger charge is -2.29. The topological polar surface area (TPSA) is 26.3 Å². The van der Waals surface area contributed by atoms with Crippen LogP contribution in [0.15, 0.2) is 54.6 Å². The van der Waals surface area contributed by atoms with E-state index in [1.165, 1.54) is 11.1 Å². The second kappa shape index (κ2) is 8.33. The Balaban J connectivity index is 2.05. The zero-order valence-electron chi connectivity index (χ0n) is 16.1. The van der Waals surface area contributed by atoms with Gasteiger partial charge in [-0.15, -0.1) is 0 Å². The molecule has 0 aromatic heterocycles. The van der Waals surface area contributed by atoms with Gasteiger partial charge >= 0.3 is 5.97 Å². The Labute approximate surface area is 152 Å². The van der Waals surface area contributed by atoms with Crippen molar-refractivity contribution in [2.45, 2.75) is 59.5 Å². The Morgan fingerprint density at radius 3 is 2.16 bits per heavy atom. The number of carbonyl (C=O) groups is 1. The molecule has 0 aliphatic rings. The van der Waals surface area contributed by atoms with Crippen molar-refractivity contribution in [3.05, 3.63) is 71.3 Å². The van der Waals surface area contributed by atoms with Gasteiger partial charge in [0.1, 0.15) is 6.10 Å². The summed E-state index contributed by atoms with van der Waals surface area (Å²) in [5.74, 6) is 0.226. The fourth-order valence-electron chi connectivity index (χ4n) is 3.15. The molecule has 0 saturated heterocycles. The van der Waals surface area contributed by atoms with Crippen molar-refractivity contribution < 1.29 is 9.53 Å². The molecule has 0 saturated carbocycles. The maximum absolute atomic E-state index is 12.8. The van der Waals surface area contributed by atoms with Gasteiger partial charge in [-0.3, -0.25) is 4.79 Å². The molecule has 0 bridgehead atoms. The average molecular weight is 338 g/mol. The lowest BCUT2D eigenvalue weighted by atomic mass is 9.78. The third-order valence-corrected chi connectivity index (χ3v) is 4.90. The third-order valence-electron chi connectivity index (χ3n) is 4.90. The van der Waals surface area contributed by atoms with Crippen LogP contribution >= 0.6 is 0 Å². The molecule has 0 N–H and O–H groups in total. The number of hydrogen-bond acceptors (Lipinski definition) is 2. The monoisotopic (exact) mass is 338 g/mol. The van der Waals surface area contributed by atoms with Crippen LogP contribution in [0.4, 0.5) is 0 Å². The first kappa shape index (κ1) is 19.2. The minimum absolute atomic E-state index is 0.130. The van der Waals surface area contributed by atoms with Crippen molar-refractivity contribution in [3.63, 3.8) is 0 Å². The molecular weight excluding hydrogens is 308 g/mol. The Hall–Kier alpha value is -2.09. The Bertz CT molecular complexity index is 671. The minimum atomic E-state index is -0.519. The molecule has 2 nitrogen and oxygen atoms in total. The highest BCUT2D eigenvalue weighted by Crippen LogP contribution is 2.36. The first-order valence-electron chi connectivity index (χ1n) is 9.16. The molecule has 0 aliphatic carbocycles. The molecule has 0 heterocycles. The second-order valence-electron chi connectivity index (χ2n) is 7.56. The molecule has 2 aromatic carbocycles. The first-order valence-corrected chi connectivity index (χ1v) is 9.16. The van der Waals surface area contributed by atoms with Crippen LogP contribution in [0.3, 0.4) is 0 Å². The number of carbonyl (C=O) groups excluding carboxylic acids is 1. The zero-order chi connectivity index (χ0) is 18.4. The van der Waals surface area contributed by atoms with Crippen molar-refractivity contribution in [2.75, 3.05) is 0 Å². The summed E-state index contributed by atoms with van der Waals surface area (Å²) in [5.41, 5.74) is 3.06. The number of hydrogen-bond donors (Lipinski definition) is 0. The van der Waals surface area contributed by atoms with Gasteiger partial charge in [0.15, 0.2) is 0 Å². The van der Waals surface area contributed by atoms with E-state index in [0.717, 1.165) is 18.4 Å². The van der Waals surface area contributed by atoms with Crippen LogP contribution in [0.2, 0.25) is 0 Å². The van der Waals surface area contributed by atoms with Crippen LogP contribution in [0, 0.1) is 12.3 Å². The molecule has 0 aliphatic heterocycles. The fraction of sp³-hybridized carbons (Fsp3) is 0.435. The fourth-order valence-corrected chi connectivity index (χ4v) is 3.15. The SMILES string of the molecule is CCC(CC(C)(C)C(=O)OC(C)c1ccccc1)c1ccc(C)cc1. The zero-order valence-corrected chi connectivity index (χ0v) is 16.1. The molecular formula is C23H30O2. The third kappa shape index (κ3) is 5.19. The van der Waals surface area contributed by atoms with Crippen LogP contribution in [-0.2, 0) is 9.53 Å². The Kier molecular flexibility index (Phi) is 6.41. The molecule has 2 atom stereocenters. The van der Waals surface area contributed by atoms with Gasteiger partial charge in [-0.05, 0) is 57.6 Å². The number of esters is 1. The molecule has 0 spiro atoms. The maximum Gasteiger partial charge on any atom is 0.312 e. The van der Waals surface area contributed by atoms with Crippen LogP contribution in [0.1, 0.15) is 69.2 Å². The van der Waals surface area contributed by atoms with Crippen molar-refractivity contribution in [2.24, 2.45) is 5.41 Å². The van der Waals surface area contributed by atoms with Gasteiger partial charge in [-0.25, -0.2) is 0 Å². The minimum Gasteiger partial charge on any atom is -0.457 e. The summed E-state index contributed by atoms with van der Waals surface area (Å²) in [6, 6.07) is 18.5. The highest BCUT2D eigenvalue weighted by Gasteiger charge is 2.33. The average Bonchev–Trinajstić information content (AvgIpc) is 2.61. The number of ether oxygens (including phenoxy) is 1. The van der Waals surface area contributed by atoms with E-state index >= 15 is 0 Å². The predicted octanol–water partition coefficient (Wildman–Crippen LogP) is 6.21. The summed E-state index contributed by atoms with van der Waals surface area (Å²) in [7, 11) is 0. The first-order chi connectivity index (χ1) is 11.8. The smallest absolute Gasteiger partial charge is 0.312 e. The van der Waals surface area contributed by atoms with Crippen LogP contribution in [-0.4, -0.2) is 5.97 Å². The molecule has 0 amide bonds. The van der Waals surface area contributed by atoms with Gasteiger partial charge in [-0.1, -0.05) is 67.1 Å². The van der Waals surface area contributed by atoms with E-state index in [9.17, 15) is 4.79 Å². The summed E-state index contributed by atoms with van der Waals surface area (Å²) in [4.78, 5) is 12.8. The normalized spacial score (nSPS) is 14.0. The van der Waals surface area contributed by atoms with E-state index in [2.05, 4.69) is 38.1 Å². The van der Waals surface area contributed by atoms with Crippen LogP contribution in [0.5, 0.6) is 0 Å². The van der Waals surface area contributed by atoms with Gasteiger partial charge < -0.3 is 4.74 Å². The van der Waals surface area contributed by atoms with Crippen LogP contribution < -0.4 is 0 Å². The predicted molar refractivity (Wildman–Crippen MR) is 104 cm³/mol. The molecule has 2 unspecified atom stereocenters. The van der Waals surface area contributed by atoms with E-state index in [1.54, 1.807) is 0 Å². The van der Waals surface area contributed by atoms with Gasteiger partial charge in [0.2, 0.25) is 0 Å². The quantitative estimate of drug-likeness (QED) is 0.561. The summed E-state index contributed by atoms with van der Waals surface area (Å²) >= 11 is 0. The molecule has 2 aromatic rings. The van der Waals surface area contributed by atoms with Gasteiger partial charge in [0.05, 0.1) is 5.41 Å². The van der Waals surface area contributed by atoms with Crippen molar-refractivity contribution in [1.82, 2.24) is 0 Å². The van der Waals surface area contributed by atoms with Crippen LogP contribution in [0.25, 0.3) is 0 Å². The van der Waals surface area contributed by atoms with Gasteiger partial charge in [0, 0.05) is 0 Å². The molecule has 25 heavy (non-hydrogen) atoms. The van der Waals surface area contributed by atoms with Crippen molar-refractivity contribution >= 4 is 5.97 Å². The van der Waals surface area contributed by atoms with Gasteiger partial charge in [-0.2, -0.15) is 0 Å².